The largest absolute Gasteiger partial charge is 0.373 e. The fourth-order valence-electron chi connectivity index (χ4n) is 6.62. The van der Waals surface area contributed by atoms with E-state index < -0.39 is 0 Å². The van der Waals surface area contributed by atoms with Crippen molar-refractivity contribution in [2.24, 2.45) is 0 Å². The van der Waals surface area contributed by atoms with E-state index in [-0.39, 0.29) is 5.91 Å². The van der Waals surface area contributed by atoms with E-state index in [4.69, 9.17) is 9.84 Å². The molecular formula is C25H41N5O2. The molecule has 1 aromatic heterocycles. The van der Waals surface area contributed by atoms with Gasteiger partial charge in [-0.25, -0.2) is 0 Å². The zero-order chi connectivity index (χ0) is 22.2. The monoisotopic (exact) mass is 443 g/mol. The molecule has 1 aromatic rings. The van der Waals surface area contributed by atoms with Gasteiger partial charge >= 0.3 is 0 Å². The summed E-state index contributed by atoms with van der Waals surface area (Å²) >= 11 is 0. The van der Waals surface area contributed by atoms with E-state index in [2.05, 4.69) is 35.3 Å². The molecule has 0 bridgehead atoms. The lowest BCUT2D eigenvalue weighted by molar-refractivity contribution is -0.0875. The van der Waals surface area contributed by atoms with Crippen LogP contribution in [-0.4, -0.2) is 93.9 Å². The summed E-state index contributed by atoms with van der Waals surface area (Å²) < 4.78 is 8.04. The SMILES string of the molecule is CCn1nc(C(=O)N2CCCC2)c2c1CCC(N1CCC(N3C[C@@H](C)O[C@@H](C)C3)CC1)C2. The molecule has 3 saturated heterocycles. The van der Waals surface area contributed by atoms with Gasteiger partial charge in [0.2, 0.25) is 0 Å². The maximum absolute atomic E-state index is 13.2. The van der Waals surface area contributed by atoms with Crippen LogP contribution in [-0.2, 0) is 24.1 Å². The summed E-state index contributed by atoms with van der Waals surface area (Å²) in [4.78, 5) is 20.6. The van der Waals surface area contributed by atoms with Crippen LogP contribution < -0.4 is 0 Å². The van der Waals surface area contributed by atoms with Crippen LogP contribution in [0.1, 0.15) is 74.6 Å². The minimum absolute atomic E-state index is 0.167. The molecule has 32 heavy (non-hydrogen) atoms. The highest BCUT2D eigenvalue weighted by Crippen LogP contribution is 2.31. The van der Waals surface area contributed by atoms with E-state index in [0.29, 0.717) is 24.3 Å². The summed E-state index contributed by atoms with van der Waals surface area (Å²) in [5.41, 5.74) is 3.31. The van der Waals surface area contributed by atoms with Crippen LogP contribution in [0.15, 0.2) is 0 Å². The van der Waals surface area contributed by atoms with Crippen molar-refractivity contribution in [3.63, 3.8) is 0 Å². The average Bonchev–Trinajstić information content (AvgIpc) is 3.46. The fraction of sp³-hybridized carbons (Fsp3) is 0.840. The molecule has 1 amide bonds. The summed E-state index contributed by atoms with van der Waals surface area (Å²) in [5.74, 6) is 0.167. The number of amides is 1. The van der Waals surface area contributed by atoms with Gasteiger partial charge in [0, 0.05) is 56.1 Å². The standard InChI is InChI=1S/C25H41N5O2/c1-4-30-23-8-7-21(15-22(23)24(26-30)25(31)28-11-5-6-12-28)27-13-9-20(10-14-27)29-16-18(2)32-19(3)17-29/h18-21H,4-17H2,1-3H3/t18-,19+,21?. The molecule has 0 saturated carbocycles. The van der Waals surface area contributed by atoms with Crippen molar-refractivity contribution >= 4 is 5.91 Å². The first-order valence-corrected chi connectivity index (χ1v) is 13.0. The number of nitrogens with zero attached hydrogens (tertiary/aromatic N) is 5. The third kappa shape index (κ3) is 4.36. The van der Waals surface area contributed by atoms with Crippen molar-refractivity contribution in [2.45, 2.75) is 96.6 Å². The van der Waals surface area contributed by atoms with Crippen LogP contribution in [0.3, 0.4) is 0 Å². The average molecular weight is 444 g/mol. The Balaban J connectivity index is 1.25. The van der Waals surface area contributed by atoms with Gasteiger partial charge in [-0.3, -0.25) is 19.3 Å². The maximum Gasteiger partial charge on any atom is 0.274 e. The van der Waals surface area contributed by atoms with Gasteiger partial charge in [0.15, 0.2) is 5.69 Å². The Hall–Kier alpha value is -1.44. The molecule has 3 atom stereocenters. The first-order chi connectivity index (χ1) is 15.5. The fourth-order valence-corrected chi connectivity index (χ4v) is 6.62. The second-order valence-electron chi connectivity index (χ2n) is 10.5. The maximum atomic E-state index is 13.2. The Kier molecular flexibility index (Phi) is 6.59. The molecule has 3 fully saturated rings. The van der Waals surface area contributed by atoms with Gasteiger partial charge in [-0.05, 0) is 78.8 Å². The Morgan fingerprint density at radius 2 is 1.66 bits per heavy atom. The topological polar surface area (TPSA) is 53.8 Å². The van der Waals surface area contributed by atoms with Crippen LogP contribution in [0.2, 0.25) is 0 Å². The summed E-state index contributed by atoms with van der Waals surface area (Å²) in [6.07, 6.45) is 8.65. The number of aromatic nitrogens is 2. The third-order valence-corrected chi connectivity index (χ3v) is 8.20. The summed E-state index contributed by atoms with van der Waals surface area (Å²) in [7, 11) is 0. The van der Waals surface area contributed by atoms with E-state index >= 15 is 0 Å². The highest BCUT2D eigenvalue weighted by Gasteiger charge is 2.36. The predicted octanol–water partition coefficient (Wildman–Crippen LogP) is 2.57. The summed E-state index contributed by atoms with van der Waals surface area (Å²) in [6.45, 7) is 13.7. The molecule has 0 N–H and O–H groups in total. The molecule has 1 aliphatic carbocycles. The molecule has 5 rings (SSSR count). The van der Waals surface area contributed by atoms with Crippen molar-refractivity contribution < 1.29 is 9.53 Å². The van der Waals surface area contributed by atoms with E-state index in [1.807, 2.05) is 4.90 Å². The first kappa shape index (κ1) is 22.4. The number of hydrogen-bond donors (Lipinski definition) is 0. The number of piperidine rings is 1. The Labute approximate surface area is 193 Å². The number of rotatable bonds is 4. The van der Waals surface area contributed by atoms with Gasteiger partial charge in [-0.1, -0.05) is 0 Å². The van der Waals surface area contributed by atoms with Crippen molar-refractivity contribution in [3.8, 4) is 0 Å². The zero-order valence-corrected chi connectivity index (χ0v) is 20.3. The molecule has 0 radical (unpaired) electrons. The highest BCUT2D eigenvalue weighted by molar-refractivity contribution is 5.94. The molecule has 0 aromatic carbocycles. The Morgan fingerprint density at radius 3 is 2.31 bits per heavy atom. The van der Waals surface area contributed by atoms with Gasteiger partial charge in [-0.2, -0.15) is 5.10 Å². The van der Waals surface area contributed by atoms with Crippen molar-refractivity contribution in [3.05, 3.63) is 17.0 Å². The number of fused-ring (bicyclic) bond motifs is 1. The number of hydrogen-bond acceptors (Lipinski definition) is 5. The lowest BCUT2D eigenvalue weighted by Gasteiger charge is -2.45. The van der Waals surface area contributed by atoms with Gasteiger partial charge in [0.1, 0.15) is 0 Å². The lowest BCUT2D eigenvalue weighted by atomic mass is 9.88. The number of morpholine rings is 1. The third-order valence-electron chi connectivity index (χ3n) is 8.20. The van der Waals surface area contributed by atoms with Crippen molar-refractivity contribution in [1.82, 2.24) is 24.5 Å². The zero-order valence-electron chi connectivity index (χ0n) is 20.3. The number of aryl methyl sites for hydroxylation is 1. The number of carbonyl (C=O) groups excluding carboxylic acids is 1. The molecule has 0 spiro atoms. The molecule has 4 heterocycles. The van der Waals surface area contributed by atoms with Crippen LogP contribution in [0, 0.1) is 0 Å². The van der Waals surface area contributed by atoms with Crippen molar-refractivity contribution in [1.29, 1.82) is 0 Å². The molecule has 178 valence electrons. The predicted molar refractivity (Wildman–Crippen MR) is 125 cm³/mol. The lowest BCUT2D eigenvalue weighted by Crippen LogP contribution is -2.54. The Bertz CT molecular complexity index is 799. The quantitative estimate of drug-likeness (QED) is 0.716. The van der Waals surface area contributed by atoms with Crippen LogP contribution >= 0.6 is 0 Å². The molecule has 7 nitrogen and oxygen atoms in total. The van der Waals surface area contributed by atoms with E-state index in [1.165, 1.54) is 43.6 Å². The van der Waals surface area contributed by atoms with Crippen molar-refractivity contribution in [2.75, 3.05) is 39.3 Å². The minimum atomic E-state index is 0.167. The van der Waals surface area contributed by atoms with Gasteiger partial charge < -0.3 is 9.64 Å². The number of carbonyl (C=O) groups is 1. The van der Waals surface area contributed by atoms with E-state index in [1.54, 1.807) is 0 Å². The molecule has 7 heteroatoms. The van der Waals surface area contributed by atoms with Crippen LogP contribution in [0.4, 0.5) is 0 Å². The van der Waals surface area contributed by atoms with Gasteiger partial charge in [-0.15, -0.1) is 0 Å². The number of ether oxygens (including phenoxy) is 1. The van der Waals surface area contributed by atoms with Gasteiger partial charge in [0.25, 0.3) is 5.91 Å². The first-order valence-electron chi connectivity index (χ1n) is 13.0. The molecule has 1 unspecified atom stereocenters. The smallest absolute Gasteiger partial charge is 0.274 e. The van der Waals surface area contributed by atoms with E-state index in [9.17, 15) is 4.79 Å². The van der Waals surface area contributed by atoms with Gasteiger partial charge in [0.05, 0.1) is 12.2 Å². The molecule has 3 aliphatic heterocycles. The minimum Gasteiger partial charge on any atom is -0.373 e. The van der Waals surface area contributed by atoms with E-state index in [0.717, 1.165) is 64.1 Å². The normalized spacial score (nSPS) is 30.6. The van der Waals surface area contributed by atoms with Crippen LogP contribution in [0.25, 0.3) is 0 Å². The highest BCUT2D eigenvalue weighted by atomic mass is 16.5. The van der Waals surface area contributed by atoms with Crippen LogP contribution in [0.5, 0.6) is 0 Å². The number of likely N-dealkylation sites (tertiary alicyclic amines) is 2. The molecule has 4 aliphatic rings. The Morgan fingerprint density at radius 1 is 0.969 bits per heavy atom. The summed E-state index contributed by atoms with van der Waals surface area (Å²) in [6, 6.07) is 1.24. The second kappa shape index (κ2) is 9.43. The summed E-state index contributed by atoms with van der Waals surface area (Å²) in [5, 5.41) is 4.81. The molecular weight excluding hydrogens is 402 g/mol. The second-order valence-corrected chi connectivity index (χ2v) is 10.5.